The molecule has 1 saturated heterocycles. The van der Waals surface area contributed by atoms with Crippen LogP contribution in [0.2, 0.25) is 0 Å². The molecule has 1 atom stereocenters. The summed E-state index contributed by atoms with van der Waals surface area (Å²) in [4.78, 5) is 11.2. The number of hydrogen-bond acceptors (Lipinski definition) is 5. The number of nitrogens with one attached hydrogen (secondary N) is 1. The second-order valence-corrected chi connectivity index (χ2v) is 9.16. The molecule has 124 valence electrons. The molecule has 1 N–H and O–H groups in total. The lowest BCUT2D eigenvalue weighted by atomic mass is 10.1. The molecule has 1 aliphatic heterocycles. The van der Waals surface area contributed by atoms with E-state index in [-0.39, 0.29) is 0 Å². The van der Waals surface area contributed by atoms with Crippen molar-refractivity contribution >= 4 is 40.8 Å². The van der Waals surface area contributed by atoms with Gasteiger partial charge >= 0.3 is 0 Å². The van der Waals surface area contributed by atoms with Crippen molar-refractivity contribution in [2.45, 2.75) is 29.9 Å². The smallest absolute Gasteiger partial charge is 0.193 e. The molecule has 2 rings (SSSR count). The summed E-state index contributed by atoms with van der Waals surface area (Å²) in [5, 5.41) is 6.26. The van der Waals surface area contributed by atoms with Crippen LogP contribution in [0.25, 0.3) is 0 Å². The normalized spacial score (nSPS) is 19.7. The summed E-state index contributed by atoms with van der Waals surface area (Å²) in [5.74, 6) is 4.08. The van der Waals surface area contributed by atoms with Gasteiger partial charge in [0, 0.05) is 55.0 Å². The fourth-order valence-electron chi connectivity index (χ4n) is 2.32. The van der Waals surface area contributed by atoms with Gasteiger partial charge in [0.05, 0.1) is 0 Å². The minimum Gasteiger partial charge on any atom is -0.356 e. The number of thioether (sulfide) groups is 2. The van der Waals surface area contributed by atoms with Gasteiger partial charge in [-0.2, -0.15) is 11.8 Å². The number of aliphatic imine (C=N–C) groups is 1. The topological polar surface area (TPSA) is 40.5 Å². The molecule has 7 heteroatoms. The van der Waals surface area contributed by atoms with E-state index in [1.807, 2.05) is 30.4 Å². The Balaban J connectivity index is 1.68. The van der Waals surface area contributed by atoms with E-state index < -0.39 is 0 Å². The van der Waals surface area contributed by atoms with Crippen LogP contribution in [0.15, 0.2) is 20.9 Å². The Morgan fingerprint density at radius 2 is 2.45 bits per heavy atom. The van der Waals surface area contributed by atoms with E-state index in [0.717, 1.165) is 48.0 Å². The van der Waals surface area contributed by atoms with Gasteiger partial charge in [0.25, 0.3) is 0 Å². The first kappa shape index (κ1) is 17.9. The van der Waals surface area contributed by atoms with Gasteiger partial charge in [-0.3, -0.25) is 4.99 Å². The lowest BCUT2D eigenvalue weighted by Crippen LogP contribution is -2.49. The van der Waals surface area contributed by atoms with E-state index in [1.165, 1.54) is 5.75 Å². The molecule has 0 saturated carbocycles. The molecule has 22 heavy (non-hydrogen) atoms. The molecule has 1 fully saturated rings. The zero-order valence-corrected chi connectivity index (χ0v) is 16.1. The van der Waals surface area contributed by atoms with Crippen molar-refractivity contribution in [2.24, 2.45) is 10.9 Å². The van der Waals surface area contributed by atoms with Crippen molar-refractivity contribution < 1.29 is 0 Å². The summed E-state index contributed by atoms with van der Waals surface area (Å²) in [5.41, 5.74) is 0. The predicted molar refractivity (Wildman–Crippen MR) is 101 cm³/mol. The average molecular weight is 359 g/mol. The van der Waals surface area contributed by atoms with Crippen LogP contribution in [0.4, 0.5) is 0 Å². The number of rotatable bonds is 6. The van der Waals surface area contributed by atoms with Gasteiger partial charge < -0.3 is 10.2 Å². The highest BCUT2D eigenvalue weighted by Gasteiger charge is 2.24. The third-order valence-electron chi connectivity index (χ3n) is 3.59. The molecule has 1 aromatic heterocycles. The molecular weight excluding hydrogens is 332 g/mol. The van der Waals surface area contributed by atoms with Gasteiger partial charge in [-0.25, -0.2) is 4.98 Å². The lowest BCUT2D eigenvalue weighted by molar-refractivity contribution is 0.381. The zero-order chi connectivity index (χ0) is 15.8. The SMILES string of the molecule is CN=C(NCCCSc1nccs1)N1CCSC(C(C)C)C1. The Morgan fingerprint density at radius 3 is 3.14 bits per heavy atom. The van der Waals surface area contributed by atoms with E-state index >= 15 is 0 Å². The fraction of sp³-hybridized carbons (Fsp3) is 0.733. The monoisotopic (exact) mass is 358 g/mol. The minimum absolute atomic E-state index is 0.716. The van der Waals surface area contributed by atoms with Crippen LogP contribution in [0.3, 0.4) is 0 Å². The zero-order valence-electron chi connectivity index (χ0n) is 13.6. The minimum atomic E-state index is 0.716. The summed E-state index contributed by atoms with van der Waals surface area (Å²) in [6.45, 7) is 7.80. The lowest BCUT2D eigenvalue weighted by Gasteiger charge is -2.36. The van der Waals surface area contributed by atoms with Gasteiger partial charge in [-0.05, 0) is 12.3 Å². The average Bonchev–Trinajstić information content (AvgIpc) is 3.04. The molecular formula is C15H26N4S3. The first-order valence-corrected chi connectivity index (χ1v) is 10.7. The van der Waals surface area contributed by atoms with E-state index in [0.29, 0.717) is 5.25 Å². The number of thiazole rings is 1. The first-order chi connectivity index (χ1) is 10.7. The standard InChI is InChI=1S/C15H26N4S3/c1-12(2)13-11-19(7-10-20-13)14(16-3)17-5-4-8-21-15-18-6-9-22-15/h6,9,12-13H,4-5,7-8,10-11H2,1-3H3,(H,16,17). The van der Waals surface area contributed by atoms with Gasteiger partial charge in [-0.15, -0.1) is 11.3 Å². The molecule has 2 heterocycles. The molecule has 0 amide bonds. The van der Waals surface area contributed by atoms with Crippen molar-refractivity contribution in [1.82, 2.24) is 15.2 Å². The predicted octanol–water partition coefficient (Wildman–Crippen LogP) is 3.27. The number of nitrogens with zero attached hydrogens (tertiary/aromatic N) is 3. The van der Waals surface area contributed by atoms with E-state index in [9.17, 15) is 0 Å². The van der Waals surface area contributed by atoms with Gasteiger partial charge in [0.15, 0.2) is 5.96 Å². The molecule has 0 aliphatic carbocycles. The quantitative estimate of drug-likeness (QED) is 0.366. The second-order valence-electron chi connectivity index (χ2n) is 5.57. The Kier molecular flexibility index (Phi) is 7.89. The number of hydrogen-bond donors (Lipinski definition) is 1. The molecule has 0 bridgehead atoms. The highest BCUT2D eigenvalue weighted by Crippen LogP contribution is 2.25. The molecule has 4 nitrogen and oxygen atoms in total. The van der Waals surface area contributed by atoms with Crippen molar-refractivity contribution in [3.05, 3.63) is 11.6 Å². The maximum absolute atomic E-state index is 4.46. The molecule has 1 aliphatic rings. The maximum atomic E-state index is 4.46. The highest BCUT2D eigenvalue weighted by atomic mass is 32.2. The largest absolute Gasteiger partial charge is 0.356 e. The Hall–Kier alpha value is -0.400. The molecule has 0 radical (unpaired) electrons. The molecule has 0 spiro atoms. The maximum Gasteiger partial charge on any atom is 0.193 e. The Bertz CT molecular complexity index is 448. The van der Waals surface area contributed by atoms with Crippen LogP contribution in [-0.2, 0) is 0 Å². The first-order valence-electron chi connectivity index (χ1n) is 7.80. The summed E-state index contributed by atoms with van der Waals surface area (Å²) >= 11 is 5.65. The Morgan fingerprint density at radius 1 is 1.59 bits per heavy atom. The third-order valence-corrected chi connectivity index (χ3v) is 7.18. The molecule has 0 aromatic carbocycles. The molecule has 1 unspecified atom stereocenters. The van der Waals surface area contributed by atoms with Crippen molar-refractivity contribution in [3.63, 3.8) is 0 Å². The summed E-state index contributed by atoms with van der Waals surface area (Å²) in [6, 6.07) is 0. The van der Waals surface area contributed by atoms with Gasteiger partial charge in [0.1, 0.15) is 4.34 Å². The van der Waals surface area contributed by atoms with E-state index in [2.05, 4.69) is 45.8 Å². The number of guanidine groups is 1. The second kappa shape index (κ2) is 9.67. The Labute approximate surface area is 146 Å². The van der Waals surface area contributed by atoms with Crippen molar-refractivity contribution in [2.75, 3.05) is 38.2 Å². The van der Waals surface area contributed by atoms with Crippen LogP contribution < -0.4 is 5.32 Å². The van der Waals surface area contributed by atoms with Crippen LogP contribution in [0, 0.1) is 5.92 Å². The summed E-state index contributed by atoms with van der Waals surface area (Å²) in [6.07, 6.45) is 2.99. The van der Waals surface area contributed by atoms with E-state index in [1.54, 1.807) is 11.3 Å². The summed E-state index contributed by atoms with van der Waals surface area (Å²) < 4.78 is 1.16. The summed E-state index contributed by atoms with van der Waals surface area (Å²) in [7, 11) is 1.89. The van der Waals surface area contributed by atoms with Crippen LogP contribution in [0.5, 0.6) is 0 Å². The van der Waals surface area contributed by atoms with Gasteiger partial charge in [0.2, 0.25) is 0 Å². The van der Waals surface area contributed by atoms with Gasteiger partial charge in [-0.1, -0.05) is 25.6 Å². The fourth-order valence-corrected chi connectivity index (χ4v) is 5.26. The van der Waals surface area contributed by atoms with Crippen molar-refractivity contribution in [1.29, 1.82) is 0 Å². The third kappa shape index (κ3) is 5.66. The highest BCUT2D eigenvalue weighted by molar-refractivity contribution is 8.01. The van der Waals surface area contributed by atoms with Crippen molar-refractivity contribution in [3.8, 4) is 0 Å². The van der Waals surface area contributed by atoms with Crippen LogP contribution in [0.1, 0.15) is 20.3 Å². The van der Waals surface area contributed by atoms with Crippen LogP contribution in [-0.4, -0.2) is 59.3 Å². The van der Waals surface area contributed by atoms with Crippen LogP contribution >= 0.6 is 34.9 Å². The molecule has 1 aromatic rings. The van der Waals surface area contributed by atoms with E-state index in [4.69, 9.17) is 0 Å². The number of aromatic nitrogens is 1.